The zero-order chi connectivity index (χ0) is 19.6. The second-order valence-electron chi connectivity index (χ2n) is 7.00. The van der Waals surface area contributed by atoms with Crippen molar-refractivity contribution in [3.05, 3.63) is 53.6 Å². The number of fused-ring (bicyclic) bond motifs is 1. The van der Waals surface area contributed by atoms with Gasteiger partial charge in [0.05, 0.1) is 4.90 Å². The van der Waals surface area contributed by atoms with Gasteiger partial charge in [0.2, 0.25) is 22.7 Å². The number of rotatable bonds is 8. The first-order valence-electron chi connectivity index (χ1n) is 9.26. The van der Waals surface area contributed by atoms with Gasteiger partial charge in [-0.15, -0.1) is 0 Å². The van der Waals surface area contributed by atoms with Crippen LogP contribution in [-0.4, -0.2) is 27.2 Å². The van der Waals surface area contributed by atoms with Crippen molar-refractivity contribution in [1.82, 2.24) is 10.0 Å². The molecule has 2 aliphatic rings. The molecule has 1 heterocycles. The first kappa shape index (κ1) is 18.8. The molecule has 2 aromatic rings. The largest absolute Gasteiger partial charge is 0.454 e. The van der Waals surface area contributed by atoms with Crippen LogP contribution in [0.5, 0.6) is 11.5 Å². The van der Waals surface area contributed by atoms with Crippen LogP contribution in [0.15, 0.2) is 47.4 Å². The van der Waals surface area contributed by atoms with Gasteiger partial charge in [0.15, 0.2) is 11.5 Å². The fraction of sp³-hybridized carbons (Fsp3) is 0.350. The predicted octanol–water partition coefficient (Wildman–Crippen LogP) is 2.10. The van der Waals surface area contributed by atoms with Crippen molar-refractivity contribution in [1.29, 1.82) is 0 Å². The second kappa shape index (κ2) is 7.81. The Morgan fingerprint density at radius 3 is 2.46 bits per heavy atom. The number of carbonyl (C=O) groups is 1. The summed E-state index contributed by atoms with van der Waals surface area (Å²) in [5.41, 5.74) is 1.86. The van der Waals surface area contributed by atoms with Crippen molar-refractivity contribution in [2.45, 2.75) is 43.2 Å². The molecule has 1 aliphatic heterocycles. The Kier molecular flexibility index (Phi) is 5.23. The summed E-state index contributed by atoms with van der Waals surface area (Å²) in [5.74, 6) is 1.34. The van der Waals surface area contributed by atoms with Crippen LogP contribution in [-0.2, 0) is 27.8 Å². The molecule has 0 bridgehead atoms. The van der Waals surface area contributed by atoms with Crippen molar-refractivity contribution in [2.75, 3.05) is 6.79 Å². The highest BCUT2D eigenvalue weighted by Crippen LogP contribution is 2.32. The van der Waals surface area contributed by atoms with E-state index >= 15 is 0 Å². The average Bonchev–Trinajstić information content (AvgIpc) is 3.37. The first-order chi connectivity index (χ1) is 13.5. The topological polar surface area (TPSA) is 93.7 Å². The lowest BCUT2D eigenvalue weighted by Gasteiger charge is -2.08. The molecule has 0 spiro atoms. The minimum absolute atomic E-state index is 0.0650. The van der Waals surface area contributed by atoms with E-state index in [1.807, 2.05) is 18.2 Å². The fourth-order valence-corrected chi connectivity index (χ4v) is 4.23. The van der Waals surface area contributed by atoms with Crippen LogP contribution >= 0.6 is 0 Å². The summed E-state index contributed by atoms with van der Waals surface area (Å²) in [6, 6.07) is 12.4. The van der Waals surface area contributed by atoms with Crippen molar-refractivity contribution in [3.63, 3.8) is 0 Å². The normalized spacial score (nSPS) is 15.4. The van der Waals surface area contributed by atoms with E-state index in [9.17, 15) is 13.2 Å². The van der Waals surface area contributed by atoms with E-state index in [2.05, 4.69) is 10.0 Å². The molecule has 8 heteroatoms. The predicted molar refractivity (Wildman–Crippen MR) is 103 cm³/mol. The molecular weight excluding hydrogens is 380 g/mol. The summed E-state index contributed by atoms with van der Waals surface area (Å²) < 4.78 is 37.6. The van der Waals surface area contributed by atoms with Crippen molar-refractivity contribution >= 4 is 15.9 Å². The molecule has 1 saturated carbocycles. The molecule has 2 aromatic carbocycles. The Morgan fingerprint density at radius 2 is 1.71 bits per heavy atom. The lowest BCUT2D eigenvalue weighted by atomic mass is 10.1. The number of aryl methyl sites for hydroxylation is 1. The van der Waals surface area contributed by atoms with Gasteiger partial charge in [0.25, 0.3) is 0 Å². The van der Waals surface area contributed by atoms with Crippen LogP contribution in [0.2, 0.25) is 0 Å². The highest BCUT2D eigenvalue weighted by atomic mass is 32.2. The lowest BCUT2D eigenvalue weighted by molar-refractivity contribution is -0.121. The third kappa shape index (κ3) is 4.63. The molecule has 0 radical (unpaired) electrons. The van der Waals surface area contributed by atoms with Gasteiger partial charge in [0, 0.05) is 19.0 Å². The number of hydrogen-bond donors (Lipinski definition) is 2. The third-order valence-corrected chi connectivity index (χ3v) is 6.24. The highest BCUT2D eigenvalue weighted by Gasteiger charge is 2.27. The van der Waals surface area contributed by atoms with Crippen LogP contribution in [0.25, 0.3) is 0 Å². The summed E-state index contributed by atoms with van der Waals surface area (Å²) in [6.45, 7) is 0.640. The minimum atomic E-state index is -3.44. The van der Waals surface area contributed by atoms with Gasteiger partial charge in [-0.2, -0.15) is 0 Å². The van der Waals surface area contributed by atoms with Crippen LogP contribution in [0, 0.1) is 0 Å². The summed E-state index contributed by atoms with van der Waals surface area (Å²) in [6.07, 6.45) is 2.68. The molecule has 1 amide bonds. The third-order valence-electron chi connectivity index (χ3n) is 4.70. The maximum atomic E-state index is 12.2. The molecule has 0 unspecified atom stereocenters. The van der Waals surface area contributed by atoms with Crippen LogP contribution in [0.1, 0.15) is 30.4 Å². The molecule has 7 nitrogen and oxygen atoms in total. The molecule has 0 saturated heterocycles. The molecule has 28 heavy (non-hydrogen) atoms. The second-order valence-corrected chi connectivity index (χ2v) is 8.72. The van der Waals surface area contributed by atoms with Crippen molar-refractivity contribution in [2.24, 2.45) is 0 Å². The maximum Gasteiger partial charge on any atom is 0.240 e. The molecule has 0 atom stereocenters. The number of carbonyl (C=O) groups excluding carboxylic acids is 1. The summed E-state index contributed by atoms with van der Waals surface area (Å²) >= 11 is 0. The van der Waals surface area contributed by atoms with E-state index < -0.39 is 10.0 Å². The zero-order valence-corrected chi connectivity index (χ0v) is 16.1. The van der Waals surface area contributed by atoms with Crippen molar-refractivity contribution < 1.29 is 22.7 Å². The molecule has 148 valence electrons. The SMILES string of the molecule is O=C(CCc1ccc(S(=O)(=O)NC2CC2)cc1)NCc1ccc2c(c1)OCO2. The van der Waals surface area contributed by atoms with Gasteiger partial charge >= 0.3 is 0 Å². The van der Waals surface area contributed by atoms with Crippen molar-refractivity contribution in [3.8, 4) is 11.5 Å². The minimum Gasteiger partial charge on any atom is -0.454 e. The van der Waals surface area contributed by atoms with E-state index in [-0.39, 0.29) is 23.6 Å². The Labute approximate surface area is 164 Å². The number of benzene rings is 2. The summed E-state index contributed by atoms with van der Waals surface area (Å²) in [7, 11) is -3.44. The monoisotopic (exact) mass is 402 g/mol. The van der Waals surface area contributed by atoms with E-state index in [1.165, 1.54) is 0 Å². The summed E-state index contributed by atoms with van der Waals surface area (Å²) in [5, 5.41) is 2.88. The number of amides is 1. The maximum absolute atomic E-state index is 12.2. The Morgan fingerprint density at radius 1 is 1.00 bits per heavy atom. The first-order valence-corrected chi connectivity index (χ1v) is 10.7. The Hall–Kier alpha value is -2.58. The van der Waals surface area contributed by atoms with E-state index in [0.717, 1.165) is 24.0 Å². The molecule has 1 fully saturated rings. The molecule has 2 N–H and O–H groups in total. The highest BCUT2D eigenvalue weighted by molar-refractivity contribution is 7.89. The van der Waals surface area contributed by atoms with Gasteiger partial charge in [-0.05, 0) is 54.7 Å². The molecule has 4 rings (SSSR count). The summed E-state index contributed by atoms with van der Waals surface area (Å²) in [4.78, 5) is 12.4. The standard InChI is InChI=1S/C20H22N2O5S/c23-20(21-12-15-3-9-18-19(11-15)27-13-26-18)10-4-14-1-7-17(8-2-14)28(24,25)22-16-5-6-16/h1-3,7-9,11,16,22H,4-6,10,12-13H2,(H,21,23). The molecular formula is C20H22N2O5S. The Bertz CT molecular complexity index is 969. The van der Waals surface area contributed by atoms with Gasteiger partial charge in [-0.3, -0.25) is 4.79 Å². The van der Waals surface area contributed by atoms with E-state index in [4.69, 9.17) is 9.47 Å². The van der Waals surface area contributed by atoms with Gasteiger partial charge < -0.3 is 14.8 Å². The Balaban J connectivity index is 1.25. The molecule has 0 aromatic heterocycles. The fourth-order valence-electron chi connectivity index (χ4n) is 2.92. The molecule has 1 aliphatic carbocycles. The average molecular weight is 402 g/mol. The lowest BCUT2D eigenvalue weighted by Crippen LogP contribution is -2.25. The van der Waals surface area contributed by atoms with Crippen LogP contribution < -0.4 is 19.5 Å². The van der Waals surface area contributed by atoms with E-state index in [0.29, 0.717) is 30.9 Å². The van der Waals surface area contributed by atoms with E-state index in [1.54, 1.807) is 24.3 Å². The zero-order valence-electron chi connectivity index (χ0n) is 15.3. The van der Waals surface area contributed by atoms with Gasteiger partial charge in [-0.25, -0.2) is 13.1 Å². The number of sulfonamides is 1. The van der Waals surface area contributed by atoms with Crippen LogP contribution in [0.3, 0.4) is 0 Å². The van der Waals surface area contributed by atoms with Gasteiger partial charge in [-0.1, -0.05) is 18.2 Å². The number of hydrogen-bond acceptors (Lipinski definition) is 5. The number of nitrogens with one attached hydrogen (secondary N) is 2. The smallest absolute Gasteiger partial charge is 0.240 e. The quantitative estimate of drug-likeness (QED) is 0.705. The van der Waals surface area contributed by atoms with Gasteiger partial charge in [0.1, 0.15) is 0 Å². The number of ether oxygens (including phenoxy) is 2. The van der Waals surface area contributed by atoms with Crippen LogP contribution in [0.4, 0.5) is 0 Å².